The highest BCUT2D eigenvalue weighted by Crippen LogP contribution is 2.28. The summed E-state index contributed by atoms with van der Waals surface area (Å²) in [5.74, 6) is 1.84. The van der Waals surface area contributed by atoms with Gasteiger partial charge in [0.05, 0.1) is 6.04 Å². The Labute approximate surface area is 127 Å². The van der Waals surface area contributed by atoms with Gasteiger partial charge in [0.25, 0.3) is 0 Å². The van der Waals surface area contributed by atoms with Crippen molar-refractivity contribution in [1.82, 2.24) is 10.2 Å². The standard InChI is InChI=1S/C18H36N2/c1-10-14(6)18(15(7)11-2)20(9)16(8)17(13(4)5)19-12-3/h12-15,17-19H,3,8,10-11H2,1-2,4-7,9H3. The molecule has 0 aromatic carbocycles. The Morgan fingerprint density at radius 1 is 1.10 bits per heavy atom. The Bertz CT molecular complexity index is 286. The van der Waals surface area contributed by atoms with Crippen LogP contribution in [-0.2, 0) is 0 Å². The first kappa shape index (κ1) is 19.1. The molecule has 2 heteroatoms. The average Bonchev–Trinajstić information content (AvgIpc) is 2.42. The van der Waals surface area contributed by atoms with Gasteiger partial charge in [-0.15, -0.1) is 0 Å². The van der Waals surface area contributed by atoms with E-state index in [1.165, 1.54) is 18.5 Å². The van der Waals surface area contributed by atoms with E-state index in [0.29, 0.717) is 23.8 Å². The summed E-state index contributed by atoms with van der Waals surface area (Å²) in [6.07, 6.45) is 4.19. The van der Waals surface area contributed by atoms with Crippen LogP contribution in [0.15, 0.2) is 25.1 Å². The van der Waals surface area contributed by atoms with Crippen LogP contribution in [0.1, 0.15) is 54.4 Å². The van der Waals surface area contributed by atoms with Gasteiger partial charge >= 0.3 is 0 Å². The first-order valence-electron chi connectivity index (χ1n) is 8.10. The molecule has 0 spiro atoms. The lowest BCUT2D eigenvalue weighted by molar-refractivity contribution is 0.145. The predicted molar refractivity (Wildman–Crippen MR) is 91.6 cm³/mol. The molecular weight excluding hydrogens is 244 g/mol. The molecule has 0 aliphatic heterocycles. The van der Waals surface area contributed by atoms with Gasteiger partial charge in [0.2, 0.25) is 0 Å². The third-order valence-electron chi connectivity index (χ3n) is 4.68. The molecule has 0 aromatic heterocycles. The molecule has 0 aliphatic rings. The zero-order valence-corrected chi connectivity index (χ0v) is 14.7. The molecule has 118 valence electrons. The van der Waals surface area contributed by atoms with Gasteiger partial charge in [-0.05, 0) is 24.0 Å². The molecule has 0 radical (unpaired) electrons. The van der Waals surface area contributed by atoms with E-state index >= 15 is 0 Å². The first-order chi connectivity index (χ1) is 9.31. The third-order valence-corrected chi connectivity index (χ3v) is 4.68. The summed E-state index contributed by atoms with van der Waals surface area (Å²) < 4.78 is 0. The van der Waals surface area contributed by atoms with Crippen LogP contribution in [0.25, 0.3) is 0 Å². The van der Waals surface area contributed by atoms with E-state index < -0.39 is 0 Å². The Morgan fingerprint density at radius 2 is 1.55 bits per heavy atom. The van der Waals surface area contributed by atoms with E-state index in [1.807, 2.05) is 0 Å². The highest BCUT2D eigenvalue weighted by molar-refractivity contribution is 5.09. The zero-order chi connectivity index (χ0) is 15.9. The minimum Gasteiger partial charge on any atom is -0.383 e. The second kappa shape index (κ2) is 9.10. The molecule has 0 aliphatic carbocycles. The molecule has 20 heavy (non-hydrogen) atoms. The summed E-state index contributed by atoms with van der Waals surface area (Å²) in [5, 5.41) is 3.35. The molecule has 0 aromatic rings. The van der Waals surface area contributed by atoms with Gasteiger partial charge in [-0.2, -0.15) is 0 Å². The highest BCUT2D eigenvalue weighted by atomic mass is 15.2. The smallest absolute Gasteiger partial charge is 0.0673 e. The number of rotatable bonds is 10. The second-order valence-electron chi connectivity index (χ2n) is 6.46. The topological polar surface area (TPSA) is 15.3 Å². The fourth-order valence-electron chi connectivity index (χ4n) is 3.02. The molecule has 0 fully saturated rings. The van der Waals surface area contributed by atoms with Gasteiger partial charge < -0.3 is 10.2 Å². The molecule has 0 rings (SSSR count). The lowest BCUT2D eigenvalue weighted by Gasteiger charge is -2.42. The van der Waals surface area contributed by atoms with Crippen LogP contribution in [0.5, 0.6) is 0 Å². The minimum absolute atomic E-state index is 0.258. The molecule has 0 saturated heterocycles. The summed E-state index contributed by atoms with van der Waals surface area (Å²) in [7, 11) is 2.20. The second-order valence-corrected chi connectivity index (χ2v) is 6.46. The molecule has 0 amide bonds. The van der Waals surface area contributed by atoms with Crippen molar-refractivity contribution in [2.45, 2.75) is 66.5 Å². The number of hydrogen-bond acceptors (Lipinski definition) is 2. The molecule has 3 atom stereocenters. The molecule has 1 N–H and O–H groups in total. The summed E-state index contributed by atoms with van der Waals surface area (Å²) in [4.78, 5) is 2.41. The largest absolute Gasteiger partial charge is 0.383 e. The highest BCUT2D eigenvalue weighted by Gasteiger charge is 2.29. The molecule has 3 unspecified atom stereocenters. The van der Waals surface area contributed by atoms with Crippen molar-refractivity contribution in [2.24, 2.45) is 17.8 Å². The van der Waals surface area contributed by atoms with Gasteiger partial charge in [-0.3, -0.25) is 0 Å². The SMILES string of the molecule is C=CNC(C(=C)N(C)C(C(C)CC)C(C)CC)C(C)C. The predicted octanol–water partition coefficient (Wildman–Crippen LogP) is 4.65. The molecule has 2 nitrogen and oxygen atoms in total. The normalized spacial score (nSPS) is 17.2. The van der Waals surface area contributed by atoms with Crippen LogP contribution >= 0.6 is 0 Å². The Hall–Kier alpha value is -0.920. The fourth-order valence-corrected chi connectivity index (χ4v) is 3.02. The lowest BCUT2D eigenvalue weighted by atomic mass is 9.85. The summed E-state index contributed by atoms with van der Waals surface area (Å²) >= 11 is 0. The minimum atomic E-state index is 0.258. The maximum Gasteiger partial charge on any atom is 0.0673 e. The number of likely N-dealkylation sites (N-methyl/N-ethyl adjacent to an activating group) is 1. The van der Waals surface area contributed by atoms with E-state index in [1.54, 1.807) is 6.20 Å². The molecule has 0 bridgehead atoms. The van der Waals surface area contributed by atoms with Crippen LogP contribution in [0, 0.1) is 17.8 Å². The van der Waals surface area contributed by atoms with Crippen molar-refractivity contribution >= 4 is 0 Å². The Balaban J connectivity index is 5.16. The van der Waals surface area contributed by atoms with Gasteiger partial charge in [-0.25, -0.2) is 0 Å². The van der Waals surface area contributed by atoms with Crippen molar-refractivity contribution in [3.05, 3.63) is 25.1 Å². The maximum atomic E-state index is 4.36. The molecule has 0 saturated carbocycles. The van der Waals surface area contributed by atoms with Crippen LogP contribution in [0.2, 0.25) is 0 Å². The zero-order valence-electron chi connectivity index (χ0n) is 14.7. The summed E-state index contributed by atoms with van der Waals surface area (Å²) in [6.45, 7) is 21.9. The van der Waals surface area contributed by atoms with Crippen molar-refractivity contribution in [2.75, 3.05) is 7.05 Å². The van der Waals surface area contributed by atoms with Gasteiger partial charge in [0, 0.05) is 18.8 Å². The van der Waals surface area contributed by atoms with Crippen molar-refractivity contribution in [3.63, 3.8) is 0 Å². The van der Waals surface area contributed by atoms with Gasteiger partial charge in [-0.1, -0.05) is 67.5 Å². The van der Waals surface area contributed by atoms with Crippen molar-refractivity contribution in [1.29, 1.82) is 0 Å². The van der Waals surface area contributed by atoms with E-state index in [4.69, 9.17) is 0 Å². The van der Waals surface area contributed by atoms with Crippen LogP contribution in [0.3, 0.4) is 0 Å². The van der Waals surface area contributed by atoms with Crippen LogP contribution in [-0.4, -0.2) is 24.0 Å². The summed E-state index contributed by atoms with van der Waals surface area (Å²) in [5.41, 5.74) is 1.17. The van der Waals surface area contributed by atoms with E-state index in [0.717, 1.165) is 0 Å². The molecular formula is C18H36N2. The Morgan fingerprint density at radius 3 is 1.85 bits per heavy atom. The monoisotopic (exact) mass is 280 g/mol. The number of nitrogens with zero attached hydrogens (tertiary/aromatic N) is 1. The maximum absolute atomic E-state index is 4.36. The van der Waals surface area contributed by atoms with Gasteiger partial charge in [0.15, 0.2) is 0 Å². The quantitative estimate of drug-likeness (QED) is 0.626. The molecule has 0 heterocycles. The van der Waals surface area contributed by atoms with E-state index in [9.17, 15) is 0 Å². The number of nitrogens with one attached hydrogen (secondary N) is 1. The van der Waals surface area contributed by atoms with Crippen LogP contribution in [0.4, 0.5) is 0 Å². The van der Waals surface area contributed by atoms with Crippen molar-refractivity contribution < 1.29 is 0 Å². The van der Waals surface area contributed by atoms with Gasteiger partial charge in [0.1, 0.15) is 0 Å². The number of hydrogen-bond donors (Lipinski definition) is 1. The van der Waals surface area contributed by atoms with Crippen molar-refractivity contribution in [3.8, 4) is 0 Å². The first-order valence-corrected chi connectivity index (χ1v) is 8.10. The summed E-state index contributed by atoms with van der Waals surface area (Å²) in [6, 6.07) is 0.804. The lowest BCUT2D eigenvalue weighted by Crippen LogP contribution is -2.46. The average molecular weight is 280 g/mol. The third kappa shape index (κ3) is 4.88. The Kier molecular flexibility index (Phi) is 8.68. The van der Waals surface area contributed by atoms with Crippen LogP contribution < -0.4 is 5.32 Å². The fraction of sp³-hybridized carbons (Fsp3) is 0.778. The van der Waals surface area contributed by atoms with E-state index in [2.05, 4.69) is 72.0 Å². The van der Waals surface area contributed by atoms with E-state index in [-0.39, 0.29) is 6.04 Å².